The smallest absolute Gasteiger partial charge is 0.223 e. The summed E-state index contributed by atoms with van der Waals surface area (Å²) in [4.78, 5) is 34.6. The summed E-state index contributed by atoms with van der Waals surface area (Å²) in [5.74, 6) is 0.254. The largest absolute Gasteiger partial charge is 0.352 e. The second-order valence-corrected chi connectivity index (χ2v) is 9.35. The first-order valence-electron chi connectivity index (χ1n) is 10.6. The van der Waals surface area contributed by atoms with Crippen LogP contribution in [0.3, 0.4) is 0 Å². The quantitative estimate of drug-likeness (QED) is 0.796. The molecular formula is C21H30N6O2S. The standard InChI is InChI=1S/C21H30N6O2S/c1-13-17(14(2)25(4)24-13)12-22-20(29)16-5-6-18-19(11-16)30-21(23-18)27-9-7-26(8-10-27)15(3)28/h16H,5-12H2,1-4H3,(H,22,29). The fraction of sp³-hybridized carbons (Fsp3) is 0.619. The summed E-state index contributed by atoms with van der Waals surface area (Å²) in [6, 6.07) is 0. The Morgan fingerprint density at radius 1 is 1.20 bits per heavy atom. The van der Waals surface area contributed by atoms with Gasteiger partial charge in [0.1, 0.15) is 0 Å². The van der Waals surface area contributed by atoms with E-state index in [0.717, 1.165) is 73.2 Å². The van der Waals surface area contributed by atoms with Crippen LogP contribution in [0.2, 0.25) is 0 Å². The number of nitrogens with zero attached hydrogens (tertiary/aromatic N) is 5. The van der Waals surface area contributed by atoms with Crippen molar-refractivity contribution in [2.75, 3.05) is 31.1 Å². The van der Waals surface area contributed by atoms with Crippen molar-refractivity contribution in [2.45, 2.75) is 46.6 Å². The monoisotopic (exact) mass is 430 g/mol. The average Bonchev–Trinajstić information content (AvgIpc) is 3.26. The van der Waals surface area contributed by atoms with Crippen molar-refractivity contribution < 1.29 is 9.59 Å². The number of carbonyl (C=O) groups excluding carboxylic acids is 2. The summed E-state index contributed by atoms with van der Waals surface area (Å²) >= 11 is 1.71. The molecular weight excluding hydrogens is 400 g/mol. The van der Waals surface area contributed by atoms with Crippen LogP contribution in [0.15, 0.2) is 0 Å². The van der Waals surface area contributed by atoms with Crippen molar-refractivity contribution in [1.29, 1.82) is 0 Å². The highest BCUT2D eigenvalue weighted by atomic mass is 32.1. The van der Waals surface area contributed by atoms with E-state index in [1.165, 1.54) is 4.88 Å². The zero-order valence-electron chi connectivity index (χ0n) is 18.2. The van der Waals surface area contributed by atoms with Gasteiger partial charge in [0, 0.05) is 68.7 Å². The van der Waals surface area contributed by atoms with Crippen molar-refractivity contribution in [3.8, 4) is 0 Å². The number of carbonyl (C=O) groups is 2. The number of aromatic nitrogens is 3. The number of piperazine rings is 1. The Balaban J connectivity index is 1.36. The molecule has 2 aromatic heterocycles. The van der Waals surface area contributed by atoms with Crippen LogP contribution in [0.1, 0.15) is 40.9 Å². The molecule has 9 heteroatoms. The van der Waals surface area contributed by atoms with Gasteiger partial charge < -0.3 is 15.1 Å². The predicted molar refractivity (Wildman–Crippen MR) is 117 cm³/mol. The molecule has 1 unspecified atom stereocenters. The lowest BCUT2D eigenvalue weighted by Gasteiger charge is -2.33. The van der Waals surface area contributed by atoms with Gasteiger partial charge in [0.25, 0.3) is 0 Å². The van der Waals surface area contributed by atoms with Gasteiger partial charge in [0.15, 0.2) is 5.13 Å². The maximum Gasteiger partial charge on any atom is 0.223 e. The highest BCUT2D eigenvalue weighted by Gasteiger charge is 2.29. The van der Waals surface area contributed by atoms with E-state index < -0.39 is 0 Å². The molecule has 1 aliphatic carbocycles. The minimum atomic E-state index is -0.00218. The van der Waals surface area contributed by atoms with Crippen LogP contribution >= 0.6 is 11.3 Å². The lowest BCUT2D eigenvalue weighted by Crippen LogP contribution is -2.48. The van der Waals surface area contributed by atoms with Gasteiger partial charge in [-0.1, -0.05) is 0 Å². The van der Waals surface area contributed by atoms with E-state index in [9.17, 15) is 9.59 Å². The molecule has 0 aromatic carbocycles. The first kappa shape index (κ1) is 20.8. The molecule has 2 amide bonds. The lowest BCUT2D eigenvalue weighted by atomic mass is 9.90. The number of thiazole rings is 1. The SMILES string of the molecule is CC(=O)N1CCN(c2nc3c(s2)CC(C(=O)NCc2c(C)nn(C)c2C)CC3)CC1. The summed E-state index contributed by atoms with van der Waals surface area (Å²) in [5, 5.41) is 8.58. The van der Waals surface area contributed by atoms with Crippen LogP contribution in [0, 0.1) is 19.8 Å². The van der Waals surface area contributed by atoms with Gasteiger partial charge in [-0.05, 0) is 33.1 Å². The minimum absolute atomic E-state index is 0.00218. The average molecular weight is 431 g/mol. The number of hydrogen-bond acceptors (Lipinski definition) is 6. The Morgan fingerprint density at radius 2 is 1.93 bits per heavy atom. The zero-order valence-corrected chi connectivity index (χ0v) is 19.0. The van der Waals surface area contributed by atoms with E-state index in [1.807, 2.05) is 30.5 Å². The van der Waals surface area contributed by atoms with E-state index in [0.29, 0.717) is 6.54 Å². The molecule has 1 saturated heterocycles. The van der Waals surface area contributed by atoms with Gasteiger partial charge in [-0.3, -0.25) is 14.3 Å². The normalized spacial score (nSPS) is 19.0. The number of hydrogen-bond donors (Lipinski definition) is 1. The van der Waals surface area contributed by atoms with Gasteiger partial charge >= 0.3 is 0 Å². The van der Waals surface area contributed by atoms with E-state index in [4.69, 9.17) is 4.98 Å². The molecule has 1 N–H and O–H groups in total. The topological polar surface area (TPSA) is 83.4 Å². The highest BCUT2D eigenvalue weighted by molar-refractivity contribution is 7.15. The summed E-state index contributed by atoms with van der Waals surface area (Å²) in [6.45, 7) is 9.30. The molecule has 4 rings (SSSR count). The van der Waals surface area contributed by atoms with Gasteiger partial charge in [0.2, 0.25) is 11.8 Å². The minimum Gasteiger partial charge on any atom is -0.352 e. The summed E-state index contributed by atoms with van der Waals surface area (Å²) < 4.78 is 1.86. The first-order valence-corrected chi connectivity index (χ1v) is 11.4. The van der Waals surface area contributed by atoms with Gasteiger partial charge in [-0.15, -0.1) is 11.3 Å². The number of nitrogens with one attached hydrogen (secondary N) is 1. The first-order chi connectivity index (χ1) is 14.3. The third-order valence-corrected chi connectivity index (χ3v) is 7.57. The number of rotatable bonds is 4. The van der Waals surface area contributed by atoms with Crippen LogP contribution in [0.5, 0.6) is 0 Å². The Hall–Kier alpha value is -2.42. The van der Waals surface area contributed by atoms with Crippen LogP contribution in [0.4, 0.5) is 5.13 Å². The second kappa shape index (κ2) is 8.37. The van der Waals surface area contributed by atoms with Crippen LogP contribution in [-0.4, -0.2) is 57.7 Å². The maximum atomic E-state index is 12.8. The van der Waals surface area contributed by atoms with Gasteiger partial charge in [-0.2, -0.15) is 5.10 Å². The van der Waals surface area contributed by atoms with Gasteiger partial charge in [0.05, 0.1) is 11.4 Å². The Kier molecular flexibility index (Phi) is 5.81. The van der Waals surface area contributed by atoms with Crippen LogP contribution < -0.4 is 10.2 Å². The predicted octanol–water partition coefficient (Wildman–Crippen LogP) is 1.58. The number of aryl methyl sites for hydroxylation is 3. The van der Waals surface area contributed by atoms with Crippen molar-refractivity contribution in [3.63, 3.8) is 0 Å². The van der Waals surface area contributed by atoms with E-state index in [2.05, 4.69) is 15.3 Å². The molecule has 3 heterocycles. The van der Waals surface area contributed by atoms with E-state index >= 15 is 0 Å². The van der Waals surface area contributed by atoms with Crippen molar-refractivity contribution in [2.24, 2.45) is 13.0 Å². The number of anilines is 1. The molecule has 30 heavy (non-hydrogen) atoms. The molecule has 2 aromatic rings. The molecule has 1 fully saturated rings. The molecule has 8 nitrogen and oxygen atoms in total. The molecule has 1 aliphatic heterocycles. The molecule has 2 aliphatic rings. The van der Waals surface area contributed by atoms with Crippen molar-refractivity contribution in [1.82, 2.24) is 25.0 Å². The summed E-state index contributed by atoms with van der Waals surface area (Å²) in [7, 11) is 1.93. The maximum absolute atomic E-state index is 12.8. The van der Waals surface area contributed by atoms with Crippen molar-refractivity contribution in [3.05, 3.63) is 27.5 Å². The summed E-state index contributed by atoms with van der Waals surface area (Å²) in [6.07, 6.45) is 2.45. The summed E-state index contributed by atoms with van der Waals surface area (Å²) in [5.41, 5.74) is 4.31. The Morgan fingerprint density at radius 3 is 2.57 bits per heavy atom. The van der Waals surface area contributed by atoms with Crippen LogP contribution in [0.25, 0.3) is 0 Å². The van der Waals surface area contributed by atoms with Crippen molar-refractivity contribution >= 4 is 28.3 Å². The van der Waals surface area contributed by atoms with Gasteiger partial charge in [-0.25, -0.2) is 4.98 Å². The molecule has 0 radical (unpaired) electrons. The molecule has 162 valence electrons. The second-order valence-electron chi connectivity index (χ2n) is 8.29. The third kappa shape index (κ3) is 4.08. The number of amides is 2. The Labute approximate surface area is 181 Å². The number of fused-ring (bicyclic) bond motifs is 1. The molecule has 0 saturated carbocycles. The Bertz CT molecular complexity index is 957. The third-order valence-electron chi connectivity index (χ3n) is 6.39. The van der Waals surface area contributed by atoms with E-state index in [1.54, 1.807) is 18.3 Å². The highest BCUT2D eigenvalue weighted by Crippen LogP contribution is 2.34. The van der Waals surface area contributed by atoms with Crippen LogP contribution in [-0.2, 0) is 36.0 Å². The fourth-order valence-electron chi connectivity index (χ4n) is 4.33. The lowest BCUT2D eigenvalue weighted by molar-refractivity contribution is -0.129. The zero-order chi connectivity index (χ0) is 21.4. The molecule has 0 spiro atoms. The molecule has 0 bridgehead atoms. The fourth-order valence-corrected chi connectivity index (χ4v) is 5.56. The molecule has 1 atom stereocenters. The van der Waals surface area contributed by atoms with E-state index in [-0.39, 0.29) is 17.7 Å².